The first-order valence-electron chi connectivity index (χ1n) is 8.19. The Kier molecular flexibility index (Phi) is 5.81. The van der Waals surface area contributed by atoms with Crippen LogP contribution in [0.3, 0.4) is 0 Å². The molecule has 0 unspecified atom stereocenters. The number of anilines is 1. The van der Waals surface area contributed by atoms with Gasteiger partial charge in [0.2, 0.25) is 5.78 Å². The number of carbonyl (C=O) groups is 3. The number of nitrogens with zero attached hydrogens (tertiary/aromatic N) is 1. The van der Waals surface area contributed by atoms with E-state index in [-0.39, 0.29) is 33.7 Å². The van der Waals surface area contributed by atoms with Gasteiger partial charge in [-0.1, -0.05) is 0 Å². The molecule has 1 aromatic rings. The summed E-state index contributed by atoms with van der Waals surface area (Å²) < 4.78 is 54.7. The molecule has 0 radical (unpaired) electrons. The maximum absolute atomic E-state index is 13.3. The lowest BCUT2D eigenvalue weighted by atomic mass is 9.98. The van der Waals surface area contributed by atoms with Crippen molar-refractivity contribution in [1.29, 1.82) is 0 Å². The van der Waals surface area contributed by atoms with E-state index in [0.29, 0.717) is 0 Å². The summed E-state index contributed by atoms with van der Waals surface area (Å²) in [5.74, 6) is -1.51. The van der Waals surface area contributed by atoms with E-state index in [2.05, 4.69) is 10.1 Å². The molecule has 0 saturated heterocycles. The number of ketones is 1. The first-order valence-corrected chi connectivity index (χ1v) is 8.19. The third-order valence-corrected chi connectivity index (χ3v) is 4.12. The van der Waals surface area contributed by atoms with E-state index in [1.807, 2.05) is 0 Å². The molecule has 1 aromatic carbocycles. The van der Waals surface area contributed by atoms with Crippen LogP contribution in [0.2, 0.25) is 0 Å². The molecule has 0 bridgehead atoms. The summed E-state index contributed by atoms with van der Waals surface area (Å²) in [6, 6.07) is 1.49. The standard InChI is InChI=1S/C18H19F3N2O6/c1-17(2)15(25)13-10(27-4)7-6-9(14(13)29-17)22-16(26)23(3)11(18(19,20)21)8-12(24)28-5/h6-8H,1-5H3,(H,22,26)/b11-8+. The predicted octanol–water partition coefficient (Wildman–Crippen LogP) is 3.13. The lowest BCUT2D eigenvalue weighted by Gasteiger charge is -2.23. The van der Waals surface area contributed by atoms with E-state index in [0.717, 1.165) is 14.2 Å². The highest BCUT2D eigenvalue weighted by molar-refractivity contribution is 6.11. The molecule has 1 heterocycles. The van der Waals surface area contributed by atoms with Crippen molar-refractivity contribution in [3.05, 3.63) is 29.5 Å². The van der Waals surface area contributed by atoms with E-state index in [4.69, 9.17) is 9.47 Å². The Bertz CT molecular complexity index is 892. The van der Waals surface area contributed by atoms with Crippen molar-refractivity contribution < 1.29 is 41.8 Å². The number of amides is 2. The smallest absolute Gasteiger partial charge is 0.431 e. The molecular formula is C18H19F3N2O6. The molecule has 0 aliphatic carbocycles. The van der Waals surface area contributed by atoms with Gasteiger partial charge in [-0.25, -0.2) is 9.59 Å². The van der Waals surface area contributed by atoms with E-state index < -0.39 is 35.3 Å². The highest BCUT2D eigenvalue weighted by atomic mass is 19.4. The summed E-state index contributed by atoms with van der Waals surface area (Å²) in [4.78, 5) is 36.4. The molecule has 0 atom stereocenters. The number of rotatable bonds is 4. The molecule has 0 aromatic heterocycles. The van der Waals surface area contributed by atoms with Crippen LogP contribution in [0.15, 0.2) is 23.9 Å². The molecule has 2 rings (SSSR count). The number of allylic oxidation sites excluding steroid dienone is 1. The maximum Gasteiger partial charge on any atom is 0.431 e. The minimum absolute atomic E-state index is 0.0217. The van der Waals surface area contributed by atoms with Crippen LogP contribution in [0, 0.1) is 0 Å². The number of fused-ring (bicyclic) bond motifs is 1. The van der Waals surface area contributed by atoms with Crippen LogP contribution in [-0.2, 0) is 9.53 Å². The number of urea groups is 1. The number of alkyl halides is 3. The lowest BCUT2D eigenvalue weighted by Crippen LogP contribution is -2.37. The van der Waals surface area contributed by atoms with Gasteiger partial charge in [0.1, 0.15) is 17.0 Å². The van der Waals surface area contributed by atoms with E-state index >= 15 is 0 Å². The molecule has 1 aliphatic heterocycles. The molecule has 2 amide bonds. The summed E-state index contributed by atoms with van der Waals surface area (Å²) in [5.41, 5.74) is -2.75. The average Bonchev–Trinajstić information content (AvgIpc) is 2.88. The van der Waals surface area contributed by atoms with Crippen LogP contribution in [0.1, 0.15) is 24.2 Å². The fourth-order valence-corrected chi connectivity index (χ4v) is 2.60. The number of nitrogens with one attached hydrogen (secondary N) is 1. The normalized spacial score (nSPS) is 15.3. The van der Waals surface area contributed by atoms with Crippen LogP contribution in [0.25, 0.3) is 0 Å². The lowest BCUT2D eigenvalue weighted by molar-refractivity contribution is -0.136. The molecule has 29 heavy (non-hydrogen) atoms. The number of halogens is 3. The zero-order valence-corrected chi connectivity index (χ0v) is 16.3. The predicted molar refractivity (Wildman–Crippen MR) is 95.0 cm³/mol. The van der Waals surface area contributed by atoms with E-state index in [9.17, 15) is 27.6 Å². The van der Waals surface area contributed by atoms with Gasteiger partial charge < -0.3 is 19.5 Å². The van der Waals surface area contributed by atoms with Crippen molar-refractivity contribution in [2.45, 2.75) is 25.6 Å². The number of hydrogen-bond acceptors (Lipinski definition) is 6. The monoisotopic (exact) mass is 416 g/mol. The van der Waals surface area contributed by atoms with Crippen molar-refractivity contribution >= 4 is 23.5 Å². The van der Waals surface area contributed by atoms with Gasteiger partial charge in [0.05, 0.1) is 26.0 Å². The zero-order chi connectivity index (χ0) is 22.1. The second kappa shape index (κ2) is 7.64. The van der Waals surface area contributed by atoms with Crippen LogP contribution in [-0.4, -0.2) is 55.7 Å². The molecule has 1 N–H and O–H groups in total. The Morgan fingerprint density at radius 2 is 1.86 bits per heavy atom. The van der Waals surface area contributed by atoms with E-state index in [1.165, 1.54) is 33.1 Å². The summed E-state index contributed by atoms with van der Waals surface area (Å²) >= 11 is 0. The first kappa shape index (κ1) is 22.1. The van der Waals surface area contributed by atoms with Gasteiger partial charge in [-0.2, -0.15) is 13.2 Å². The molecule has 0 spiro atoms. The van der Waals surface area contributed by atoms with Gasteiger partial charge in [-0.3, -0.25) is 9.69 Å². The van der Waals surface area contributed by atoms with Gasteiger partial charge in [-0.15, -0.1) is 0 Å². The number of benzene rings is 1. The van der Waals surface area contributed by atoms with Crippen LogP contribution < -0.4 is 14.8 Å². The Hall–Kier alpha value is -3.24. The first-order chi connectivity index (χ1) is 13.3. The number of methoxy groups -OCH3 is 2. The number of Topliss-reactive ketones (excluding diaryl/α,β-unsaturated/α-hetero) is 1. The molecular weight excluding hydrogens is 397 g/mol. The second-order valence-corrected chi connectivity index (χ2v) is 6.50. The molecule has 0 fully saturated rings. The summed E-state index contributed by atoms with van der Waals surface area (Å²) in [5, 5.41) is 2.26. The van der Waals surface area contributed by atoms with Crippen LogP contribution in [0.5, 0.6) is 11.5 Å². The van der Waals surface area contributed by atoms with Crippen LogP contribution in [0.4, 0.5) is 23.7 Å². The maximum atomic E-state index is 13.3. The highest BCUT2D eigenvalue weighted by Crippen LogP contribution is 2.45. The Morgan fingerprint density at radius 3 is 2.38 bits per heavy atom. The molecule has 8 nitrogen and oxygen atoms in total. The molecule has 0 saturated carbocycles. The highest BCUT2D eigenvalue weighted by Gasteiger charge is 2.44. The Labute approximate surface area is 164 Å². The van der Waals surface area contributed by atoms with Gasteiger partial charge in [0.25, 0.3) is 0 Å². The number of esters is 1. The molecule has 158 valence electrons. The number of carbonyl (C=O) groups excluding carboxylic acids is 3. The number of ether oxygens (including phenoxy) is 3. The Balaban J connectivity index is 2.40. The van der Waals surface area contributed by atoms with Crippen molar-refractivity contribution in [2.75, 3.05) is 26.6 Å². The van der Waals surface area contributed by atoms with Gasteiger partial charge in [0, 0.05) is 7.05 Å². The molecule has 11 heteroatoms. The fraction of sp³-hybridized carbons (Fsp3) is 0.389. The van der Waals surface area contributed by atoms with Crippen molar-refractivity contribution in [3.8, 4) is 11.5 Å². The van der Waals surface area contributed by atoms with Crippen LogP contribution >= 0.6 is 0 Å². The fourth-order valence-electron chi connectivity index (χ4n) is 2.60. The Morgan fingerprint density at radius 1 is 1.24 bits per heavy atom. The van der Waals surface area contributed by atoms with Crippen molar-refractivity contribution in [2.24, 2.45) is 0 Å². The van der Waals surface area contributed by atoms with Crippen molar-refractivity contribution in [3.63, 3.8) is 0 Å². The van der Waals surface area contributed by atoms with E-state index in [1.54, 1.807) is 0 Å². The van der Waals surface area contributed by atoms with Crippen molar-refractivity contribution in [1.82, 2.24) is 4.90 Å². The minimum Gasteiger partial charge on any atom is -0.496 e. The SMILES string of the molecule is COC(=O)/C=C(/N(C)C(=O)Nc1ccc(OC)c2c1OC(C)(C)C2=O)C(F)(F)F. The minimum atomic E-state index is -5.00. The average molecular weight is 416 g/mol. The largest absolute Gasteiger partial charge is 0.496 e. The van der Waals surface area contributed by atoms with Gasteiger partial charge in [-0.05, 0) is 26.0 Å². The number of hydrogen-bond donors (Lipinski definition) is 1. The summed E-state index contributed by atoms with van der Waals surface area (Å²) in [6.45, 7) is 3.01. The molecule has 1 aliphatic rings. The topological polar surface area (TPSA) is 94.2 Å². The van der Waals surface area contributed by atoms with Gasteiger partial charge >= 0.3 is 18.2 Å². The van der Waals surface area contributed by atoms with Gasteiger partial charge in [0.15, 0.2) is 11.4 Å². The third kappa shape index (κ3) is 4.28. The summed E-state index contributed by atoms with van der Waals surface area (Å²) in [7, 11) is 3.08. The zero-order valence-electron chi connectivity index (χ0n) is 16.3. The summed E-state index contributed by atoms with van der Waals surface area (Å²) in [6.07, 6.45) is -4.85. The second-order valence-electron chi connectivity index (χ2n) is 6.50. The quantitative estimate of drug-likeness (QED) is 0.599. The third-order valence-electron chi connectivity index (χ3n) is 4.12.